The maximum atomic E-state index is 11.9. The number of nitrogens with one attached hydrogen (secondary N) is 2. The van der Waals surface area contributed by atoms with Gasteiger partial charge in [-0.25, -0.2) is 0 Å². The number of likely N-dealkylation sites (N-methyl/N-ethyl adjacent to an activating group) is 1. The highest BCUT2D eigenvalue weighted by Crippen LogP contribution is 2.17. The Kier molecular flexibility index (Phi) is 3.98. The lowest BCUT2D eigenvalue weighted by Gasteiger charge is -2.33. The van der Waals surface area contributed by atoms with Crippen molar-refractivity contribution in [3.8, 4) is 11.6 Å². The van der Waals surface area contributed by atoms with Crippen LogP contribution in [0.25, 0.3) is 11.6 Å². The molecule has 112 valence electrons. The third-order valence-corrected chi connectivity index (χ3v) is 3.45. The molecule has 3 heterocycles. The lowest BCUT2D eigenvalue weighted by atomic mass is 10.2. The molecular formula is C13H17N5O3. The van der Waals surface area contributed by atoms with Crippen LogP contribution >= 0.6 is 0 Å². The molecule has 2 aromatic heterocycles. The molecule has 1 fully saturated rings. The van der Waals surface area contributed by atoms with Crippen LogP contribution in [0, 0.1) is 0 Å². The van der Waals surface area contributed by atoms with E-state index in [0.717, 1.165) is 13.1 Å². The topological polar surface area (TPSA) is 96.4 Å². The summed E-state index contributed by atoms with van der Waals surface area (Å²) in [6.07, 6.45) is 1.56. The third kappa shape index (κ3) is 2.96. The van der Waals surface area contributed by atoms with Gasteiger partial charge in [0.15, 0.2) is 5.76 Å². The molecule has 3 rings (SSSR count). The van der Waals surface area contributed by atoms with Crippen LogP contribution in [0.2, 0.25) is 0 Å². The monoisotopic (exact) mass is 291 g/mol. The molecule has 1 aliphatic rings. The number of carbonyl (C=O) groups is 1. The van der Waals surface area contributed by atoms with E-state index in [1.807, 2.05) is 4.90 Å². The molecule has 0 saturated carbocycles. The van der Waals surface area contributed by atoms with Crippen molar-refractivity contribution in [2.45, 2.75) is 12.6 Å². The van der Waals surface area contributed by atoms with Gasteiger partial charge in [0, 0.05) is 26.7 Å². The highest BCUT2D eigenvalue weighted by molar-refractivity contribution is 5.81. The van der Waals surface area contributed by atoms with Crippen LogP contribution in [0.4, 0.5) is 0 Å². The third-order valence-electron chi connectivity index (χ3n) is 3.45. The van der Waals surface area contributed by atoms with E-state index < -0.39 is 0 Å². The fourth-order valence-corrected chi connectivity index (χ4v) is 2.36. The quantitative estimate of drug-likeness (QED) is 0.808. The van der Waals surface area contributed by atoms with E-state index >= 15 is 0 Å². The first kappa shape index (κ1) is 13.8. The molecule has 1 atom stereocenters. The Morgan fingerprint density at radius 1 is 1.62 bits per heavy atom. The molecule has 0 spiro atoms. The number of hydrogen-bond donors (Lipinski definition) is 2. The lowest BCUT2D eigenvalue weighted by molar-refractivity contribution is -0.126. The first-order valence-electron chi connectivity index (χ1n) is 6.81. The van der Waals surface area contributed by atoms with E-state index in [0.29, 0.717) is 30.6 Å². The lowest BCUT2D eigenvalue weighted by Crippen LogP contribution is -2.56. The average molecular weight is 291 g/mol. The minimum Gasteiger partial charge on any atom is -0.461 e. The van der Waals surface area contributed by atoms with Crippen LogP contribution in [0.3, 0.4) is 0 Å². The van der Waals surface area contributed by atoms with Crippen molar-refractivity contribution in [3.05, 3.63) is 24.3 Å². The Hall–Kier alpha value is -2.19. The standard InChI is InChI=1S/C13H17N5O3/c1-14-13(19)9-7-15-4-5-18(9)8-11-16-12(17-21-11)10-3-2-6-20-10/h2-3,6,9,15H,4-5,7-8H2,1H3,(H,14,19). The van der Waals surface area contributed by atoms with Gasteiger partial charge < -0.3 is 19.6 Å². The summed E-state index contributed by atoms with van der Waals surface area (Å²) in [5.41, 5.74) is 0. The van der Waals surface area contributed by atoms with Crippen LogP contribution in [0.15, 0.2) is 27.3 Å². The molecular weight excluding hydrogens is 274 g/mol. The summed E-state index contributed by atoms with van der Waals surface area (Å²) in [4.78, 5) is 18.2. The van der Waals surface area contributed by atoms with Gasteiger partial charge in [0.1, 0.15) is 6.04 Å². The van der Waals surface area contributed by atoms with Crippen molar-refractivity contribution < 1.29 is 13.7 Å². The normalized spacial score (nSPS) is 19.6. The van der Waals surface area contributed by atoms with Crippen molar-refractivity contribution >= 4 is 5.91 Å². The Bertz CT molecular complexity index is 595. The number of hydrogen-bond acceptors (Lipinski definition) is 7. The molecule has 0 aliphatic carbocycles. The first-order chi connectivity index (χ1) is 10.3. The molecule has 8 heteroatoms. The van der Waals surface area contributed by atoms with Crippen molar-refractivity contribution in [2.75, 3.05) is 26.7 Å². The van der Waals surface area contributed by atoms with Crippen LogP contribution in [0.5, 0.6) is 0 Å². The number of carbonyl (C=O) groups excluding carboxylic acids is 1. The molecule has 0 aromatic carbocycles. The van der Waals surface area contributed by atoms with Gasteiger partial charge in [-0.2, -0.15) is 4.98 Å². The summed E-state index contributed by atoms with van der Waals surface area (Å²) < 4.78 is 10.5. The van der Waals surface area contributed by atoms with E-state index in [-0.39, 0.29) is 11.9 Å². The maximum absolute atomic E-state index is 11.9. The molecule has 2 aromatic rings. The van der Waals surface area contributed by atoms with Gasteiger partial charge in [0.05, 0.1) is 12.8 Å². The second-order valence-electron chi connectivity index (χ2n) is 4.79. The predicted octanol–water partition coefficient (Wildman–Crippen LogP) is -0.151. The van der Waals surface area contributed by atoms with Crippen LogP contribution in [-0.2, 0) is 11.3 Å². The van der Waals surface area contributed by atoms with Gasteiger partial charge in [-0.3, -0.25) is 9.69 Å². The predicted molar refractivity (Wildman–Crippen MR) is 73.1 cm³/mol. The van der Waals surface area contributed by atoms with Crippen LogP contribution < -0.4 is 10.6 Å². The molecule has 0 radical (unpaired) electrons. The Balaban J connectivity index is 1.71. The zero-order valence-electron chi connectivity index (χ0n) is 11.7. The van der Waals surface area contributed by atoms with Crippen molar-refractivity contribution in [1.29, 1.82) is 0 Å². The number of amides is 1. The first-order valence-corrected chi connectivity index (χ1v) is 6.81. The van der Waals surface area contributed by atoms with Crippen LogP contribution in [0.1, 0.15) is 5.89 Å². The highest BCUT2D eigenvalue weighted by Gasteiger charge is 2.29. The second-order valence-corrected chi connectivity index (χ2v) is 4.79. The van der Waals surface area contributed by atoms with E-state index in [9.17, 15) is 4.79 Å². The fraction of sp³-hybridized carbons (Fsp3) is 0.462. The molecule has 1 unspecified atom stereocenters. The van der Waals surface area contributed by atoms with Crippen molar-refractivity contribution in [1.82, 2.24) is 25.7 Å². The van der Waals surface area contributed by atoms with Gasteiger partial charge >= 0.3 is 0 Å². The largest absolute Gasteiger partial charge is 0.461 e. The Labute approximate surface area is 121 Å². The van der Waals surface area contributed by atoms with Gasteiger partial charge in [-0.05, 0) is 12.1 Å². The number of rotatable bonds is 4. The molecule has 0 bridgehead atoms. The fourth-order valence-electron chi connectivity index (χ4n) is 2.36. The molecule has 21 heavy (non-hydrogen) atoms. The summed E-state index contributed by atoms with van der Waals surface area (Å²) in [6.45, 7) is 2.62. The Morgan fingerprint density at radius 2 is 2.52 bits per heavy atom. The smallest absolute Gasteiger partial charge is 0.241 e. The summed E-state index contributed by atoms with van der Waals surface area (Å²) in [7, 11) is 1.64. The van der Waals surface area contributed by atoms with Gasteiger partial charge in [-0.1, -0.05) is 5.16 Å². The molecule has 1 amide bonds. The number of piperazine rings is 1. The zero-order chi connectivity index (χ0) is 14.7. The Morgan fingerprint density at radius 3 is 3.29 bits per heavy atom. The van der Waals surface area contributed by atoms with E-state index in [1.54, 1.807) is 25.4 Å². The summed E-state index contributed by atoms with van der Waals surface area (Å²) in [5, 5.41) is 9.78. The van der Waals surface area contributed by atoms with E-state index in [4.69, 9.17) is 8.94 Å². The van der Waals surface area contributed by atoms with Crippen molar-refractivity contribution in [3.63, 3.8) is 0 Å². The maximum Gasteiger partial charge on any atom is 0.241 e. The number of furan rings is 1. The molecule has 8 nitrogen and oxygen atoms in total. The summed E-state index contributed by atoms with van der Waals surface area (Å²) in [6, 6.07) is 3.30. The molecule has 1 aliphatic heterocycles. The molecule has 2 N–H and O–H groups in total. The second kappa shape index (κ2) is 6.06. The number of nitrogens with zero attached hydrogens (tertiary/aromatic N) is 3. The zero-order valence-corrected chi connectivity index (χ0v) is 11.7. The van der Waals surface area contributed by atoms with Gasteiger partial charge in [0.2, 0.25) is 17.6 Å². The SMILES string of the molecule is CNC(=O)C1CNCCN1Cc1nc(-c2ccco2)no1. The van der Waals surface area contributed by atoms with Crippen LogP contribution in [-0.4, -0.2) is 53.7 Å². The van der Waals surface area contributed by atoms with Crippen molar-refractivity contribution in [2.24, 2.45) is 0 Å². The summed E-state index contributed by atoms with van der Waals surface area (Å²) >= 11 is 0. The van der Waals surface area contributed by atoms with E-state index in [2.05, 4.69) is 20.8 Å². The molecule has 1 saturated heterocycles. The highest BCUT2D eigenvalue weighted by atomic mass is 16.5. The minimum atomic E-state index is -0.234. The van der Waals surface area contributed by atoms with Gasteiger partial charge in [-0.15, -0.1) is 0 Å². The van der Waals surface area contributed by atoms with E-state index in [1.165, 1.54) is 0 Å². The summed E-state index contributed by atoms with van der Waals surface area (Å²) in [5.74, 6) is 1.43. The minimum absolute atomic E-state index is 0.0204. The average Bonchev–Trinajstić information content (AvgIpc) is 3.18. The van der Waals surface area contributed by atoms with Gasteiger partial charge in [0.25, 0.3) is 0 Å². The number of aromatic nitrogens is 2.